The van der Waals surface area contributed by atoms with Crippen LogP contribution in [0.2, 0.25) is 0 Å². The monoisotopic (exact) mass is 1750 g/mol. The molecule has 0 saturated heterocycles. The van der Waals surface area contributed by atoms with Crippen molar-refractivity contribution < 1.29 is 122 Å². The summed E-state index contributed by atoms with van der Waals surface area (Å²) in [6.07, 6.45) is 64.0. The van der Waals surface area contributed by atoms with Gasteiger partial charge in [0.1, 0.15) is 0 Å². The van der Waals surface area contributed by atoms with Gasteiger partial charge in [0.05, 0.1) is 91.2 Å². The van der Waals surface area contributed by atoms with E-state index in [1.165, 1.54) is 73.6 Å². The second-order valence-electron chi connectivity index (χ2n) is 30.6. The van der Waals surface area contributed by atoms with Crippen LogP contribution in [-0.2, 0) is 74.3 Å². The Bertz CT molecular complexity index is 2720. The molecule has 22 nitrogen and oxygen atoms in total. The molecular formula is C98H154CuO22. The minimum Gasteiger partial charge on any atom is -0.545 e. The topological polar surface area (TPSA) is 293 Å². The van der Waals surface area contributed by atoms with Crippen LogP contribution >= 0.6 is 0 Å². The Balaban J connectivity index is 0.00000236. The summed E-state index contributed by atoms with van der Waals surface area (Å²) in [5, 5.41) is 24.0. The predicted molar refractivity (Wildman–Crippen MR) is 471 cm³/mol. The predicted octanol–water partition coefficient (Wildman–Crippen LogP) is 21.8. The molecule has 0 saturated carbocycles. The van der Waals surface area contributed by atoms with Gasteiger partial charge in [-0.1, -0.05) is 309 Å². The summed E-state index contributed by atoms with van der Waals surface area (Å²) in [7, 11) is 0. The van der Waals surface area contributed by atoms with Gasteiger partial charge < -0.3 is 76.6 Å². The number of hydrogen-bond donors (Lipinski definition) is 0. The van der Waals surface area contributed by atoms with E-state index in [4.69, 9.17) is 56.8 Å². The smallest absolute Gasteiger partial charge is 0.545 e. The van der Waals surface area contributed by atoms with Crippen LogP contribution in [-0.4, -0.2) is 127 Å². The Morgan fingerprint density at radius 2 is 0.314 bits per heavy atom. The number of carboxylic acid groups (broad SMARTS) is 2. The number of benzene rings is 2. The first-order chi connectivity index (χ1) is 58.6. The molecule has 0 amide bonds. The van der Waals surface area contributed by atoms with Crippen molar-refractivity contribution in [3.05, 3.63) is 111 Å². The Morgan fingerprint density at radius 1 is 0.198 bits per heavy atom. The Hall–Kier alpha value is -8.04. The molecule has 0 heterocycles. The molecule has 2 aromatic carbocycles. The van der Waals surface area contributed by atoms with E-state index < -0.39 is 11.9 Å². The zero-order valence-corrected chi connectivity index (χ0v) is 74.9. The summed E-state index contributed by atoms with van der Waals surface area (Å²) in [6, 6.07) is 5.97. The largest absolute Gasteiger partial charge is 2.00 e. The molecule has 0 aliphatic heterocycles. The summed E-state index contributed by atoms with van der Waals surface area (Å²) < 4.78 is 67.5. The molecule has 2 rings (SSSR count). The molecule has 0 unspecified atom stereocenters. The molecule has 0 aromatic heterocycles. The third-order valence-electron chi connectivity index (χ3n) is 20.2. The van der Waals surface area contributed by atoms with Crippen molar-refractivity contribution in [2.45, 2.75) is 347 Å². The summed E-state index contributed by atoms with van der Waals surface area (Å²) in [5.74, 6) is -2.35. The zero-order chi connectivity index (χ0) is 87.5. The van der Waals surface area contributed by atoms with Gasteiger partial charge in [0, 0.05) is 47.6 Å². The summed E-state index contributed by atoms with van der Waals surface area (Å²) in [6.45, 7) is 25.8. The standard InChI is InChI=1S/2C49H78O11.Cu/c2*1-4-45(50)57-36-30-24-18-12-7-10-16-22-28-34-55-43-40-42(49(53)54)41-44(56-35-29-23-17-11-8-13-19-25-31-37-58-46(51)5-2)48(43)60-39-33-27-21-15-9-14-20-26-32-38-59-47(52)6-3;/h2*4-6,40-41H,1-3,7-39H2,(H,53,54);/q;;+2/p-2. The third-order valence-corrected chi connectivity index (χ3v) is 20.2. The molecule has 1 radical (unpaired) electrons. The summed E-state index contributed by atoms with van der Waals surface area (Å²) >= 11 is 0. The van der Waals surface area contributed by atoms with Gasteiger partial charge >= 0.3 is 52.9 Å². The second-order valence-corrected chi connectivity index (χ2v) is 30.6. The normalized spacial score (nSPS) is 10.6. The molecule has 0 bridgehead atoms. The van der Waals surface area contributed by atoms with E-state index in [2.05, 4.69) is 39.5 Å². The van der Waals surface area contributed by atoms with E-state index in [1.807, 2.05) is 0 Å². The van der Waals surface area contributed by atoms with Crippen LogP contribution < -0.4 is 38.6 Å². The van der Waals surface area contributed by atoms with E-state index >= 15 is 0 Å². The first-order valence-corrected chi connectivity index (χ1v) is 45.9. The number of rotatable bonds is 86. The fourth-order valence-electron chi connectivity index (χ4n) is 13.2. The van der Waals surface area contributed by atoms with Crippen LogP contribution in [0.3, 0.4) is 0 Å². The molecule has 23 heteroatoms. The van der Waals surface area contributed by atoms with Gasteiger partial charge in [-0.15, -0.1) is 0 Å². The van der Waals surface area contributed by atoms with E-state index in [1.54, 1.807) is 0 Å². The van der Waals surface area contributed by atoms with Crippen LogP contribution in [0.25, 0.3) is 0 Å². The summed E-state index contributed by atoms with van der Waals surface area (Å²) in [5.41, 5.74) is 0.00530. The number of carbonyl (C=O) groups is 8. The third kappa shape index (κ3) is 69.1. The molecular weight excluding hydrogens is 1590 g/mol. The molecule has 0 spiro atoms. The number of ether oxygens (including phenoxy) is 12. The number of unbranched alkanes of at least 4 members (excludes halogenated alkanes) is 48. The van der Waals surface area contributed by atoms with E-state index in [0.29, 0.717) is 114 Å². The zero-order valence-electron chi connectivity index (χ0n) is 74.0. The molecule has 121 heavy (non-hydrogen) atoms. The van der Waals surface area contributed by atoms with Crippen molar-refractivity contribution in [3.63, 3.8) is 0 Å². The maximum Gasteiger partial charge on any atom is 2.00 e. The van der Waals surface area contributed by atoms with Crippen molar-refractivity contribution in [2.24, 2.45) is 0 Å². The maximum atomic E-state index is 12.0. The minimum absolute atomic E-state index is 0. The first kappa shape index (κ1) is 113. The minimum atomic E-state index is -1.29. The molecule has 2 aromatic rings. The number of aromatic carboxylic acids is 2. The Labute approximate surface area is 738 Å². The van der Waals surface area contributed by atoms with Crippen molar-refractivity contribution in [3.8, 4) is 34.5 Å². The molecule has 0 atom stereocenters. The van der Waals surface area contributed by atoms with Gasteiger partial charge in [0.15, 0.2) is 23.0 Å². The fraction of sp³-hybridized carbons (Fsp3) is 0.673. The SMILES string of the molecule is C=CC(=O)OCCCCCCCCCCCOc1cc(C(=O)[O-])cc(OCCCCCCCCCCCOC(=O)C=C)c1OCCCCCCCCCCCOC(=O)C=C.C=CC(=O)OCCCCCCCCCCCOc1cc(C(=O)[O-])cc(OCCCCCCCCCCCOC(=O)C=C)c1OCCCCCCCCCCCOC(=O)C=C.[Cu+2]. The summed E-state index contributed by atoms with van der Waals surface area (Å²) in [4.78, 5) is 90.7. The van der Waals surface area contributed by atoms with Crippen molar-refractivity contribution in [1.29, 1.82) is 0 Å². The molecule has 0 aliphatic rings. The Morgan fingerprint density at radius 3 is 0.438 bits per heavy atom. The quantitative estimate of drug-likeness (QED) is 0.0195. The van der Waals surface area contributed by atoms with Crippen molar-refractivity contribution in [1.82, 2.24) is 0 Å². The first-order valence-electron chi connectivity index (χ1n) is 45.9. The van der Waals surface area contributed by atoms with Gasteiger partial charge in [-0.25, -0.2) is 28.8 Å². The van der Waals surface area contributed by atoms with Crippen LogP contribution in [0.1, 0.15) is 367 Å². The van der Waals surface area contributed by atoms with Crippen LogP contribution in [0.15, 0.2) is 100 Å². The van der Waals surface area contributed by atoms with Crippen molar-refractivity contribution in [2.75, 3.05) is 79.3 Å². The number of carboxylic acids is 2. The van der Waals surface area contributed by atoms with Gasteiger partial charge in [0.25, 0.3) is 0 Å². The van der Waals surface area contributed by atoms with E-state index in [0.717, 1.165) is 334 Å². The maximum absolute atomic E-state index is 12.0. The van der Waals surface area contributed by atoms with Crippen LogP contribution in [0.4, 0.5) is 0 Å². The molecule has 0 aliphatic carbocycles. The van der Waals surface area contributed by atoms with E-state index in [-0.39, 0.29) is 64.0 Å². The molecule has 0 fully saturated rings. The molecule has 689 valence electrons. The van der Waals surface area contributed by atoms with Gasteiger partial charge in [-0.05, 0) is 101 Å². The number of carbonyl (C=O) groups excluding carboxylic acids is 8. The van der Waals surface area contributed by atoms with Crippen LogP contribution in [0.5, 0.6) is 34.5 Å². The van der Waals surface area contributed by atoms with Gasteiger partial charge in [0.2, 0.25) is 11.5 Å². The fourth-order valence-corrected chi connectivity index (χ4v) is 13.2. The van der Waals surface area contributed by atoms with E-state index in [9.17, 15) is 48.6 Å². The average Bonchev–Trinajstić information content (AvgIpc) is 0.824. The van der Waals surface area contributed by atoms with Crippen molar-refractivity contribution >= 4 is 47.8 Å². The average molecular weight is 1750 g/mol. The van der Waals surface area contributed by atoms with Gasteiger partial charge in [-0.3, -0.25) is 0 Å². The van der Waals surface area contributed by atoms with Crippen LogP contribution in [0, 0.1) is 0 Å². The second kappa shape index (κ2) is 84.2. The number of hydrogen-bond acceptors (Lipinski definition) is 22. The van der Waals surface area contributed by atoms with Gasteiger partial charge in [-0.2, -0.15) is 0 Å². The molecule has 0 N–H and O–H groups in total. The Kier molecular flexibility index (Phi) is 78.6. The number of esters is 6.